The summed E-state index contributed by atoms with van der Waals surface area (Å²) in [6.07, 6.45) is 2.25. The van der Waals surface area contributed by atoms with Crippen LogP contribution in [0.15, 0.2) is 6.07 Å². The van der Waals surface area contributed by atoms with Crippen LogP contribution in [-0.2, 0) is 4.74 Å². The molecular formula is C17H26N2O3. The fourth-order valence-corrected chi connectivity index (χ4v) is 4.05. The van der Waals surface area contributed by atoms with Crippen LogP contribution in [0.2, 0.25) is 0 Å². The van der Waals surface area contributed by atoms with Crippen molar-refractivity contribution >= 4 is 5.91 Å². The standard InChI is InChI=1S/C17H26N2O3/c1-4-22-14-10-13(20)17(14)5-7-19(8-6-17)16(21)15-11(2)9-12(3)18-15/h9,13-14,18,20H,4-8,10H2,1-3H3/t13-,14-/m0/s1. The highest BCUT2D eigenvalue weighted by Crippen LogP contribution is 2.51. The lowest BCUT2D eigenvalue weighted by molar-refractivity contribution is -0.207. The zero-order valence-corrected chi connectivity index (χ0v) is 13.7. The smallest absolute Gasteiger partial charge is 0.270 e. The second-order valence-electron chi connectivity index (χ2n) is 6.73. The van der Waals surface area contributed by atoms with E-state index in [1.54, 1.807) is 0 Å². The highest BCUT2D eigenvalue weighted by Gasteiger charge is 2.56. The molecule has 0 aromatic carbocycles. The molecule has 1 aliphatic heterocycles. The van der Waals surface area contributed by atoms with E-state index < -0.39 is 0 Å². The average Bonchev–Trinajstić information content (AvgIpc) is 2.85. The molecule has 2 aliphatic rings. The van der Waals surface area contributed by atoms with Crippen molar-refractivity contribution in [2.24, 2.45) is 5.41 Å². The van der Waals surface area contributed by atoms with Gasteiger partial charge in [-0.1, -0.05) is 0 Å². The van der Waals surface area contributed by atoms with Gasteiger partial charge in [-0.05, 0) is 45.2 Å². The Morgan fingerprint density at radius 1 is 1.45 bits per heavy atom. The number of H-pyrrole nitrogens is 1. The molecule has 22 heavy (non-hydrogen) atoms. The van der Waals surface area contributed by atoms with Crippen molar-refractivity contribution in [3.8, 4) is 0 Å². The molecule has 5 nitrogen and oxygen atoms in total. The van der Waals surface area contributed by atoms with E-state index in [9.17, 15) is 9.90 Å². The van der Waals surface area contributed by atoms with E-state index in [-0.39, 0.29) is 23.5 Å². The zero-order valence-electron chi connectivity index (χ0n) is 13.7. The minimum absolute atomic E-state index is 0.0715. The molecule has 2 atom stereocenters. The molecule has 0 radical (unpaired) electrons. The highest BCUT2D eigenvalue weighted by atomic mass is 16.5. The SMILES string of the molecule is CCO[C@H]1C[C@H](O)C12CCN(C(=O)c1[nH]c(C)cc1C)CC2. The largest absolute Gasteiger partial charge is 0.392 e. The number of aliphatic hydroxyl groups is 1. The molecule has 1 aromatic rings. The number of aromatic amines is 1. The minimum atomic E-state index is -0.282. The third-order valence-corrected chi connectivity index (χ3v) is 5.46. The molecule has 0 bridgehead atoms. The van der Waals surface area contributed by atoms with E-state index in [1.165, 1.54) is 0 Å². The van der Waals surface area contributed by atoms with Gasteiger partial charge in [0, 0.05) is 37.2 Å². The number of likely N-dealkylation sites (tertiary alicyclic amines) is 1. The number of ether oxygens (including phenoxy) is 1. The normalized spacial score (nSPS) is 27.0. The van der Waals surface area contributed by atoms with Gasteiger partial charge in [-0.15, -0.1) is 0 Å². The molecule has 1 amide bonds. The molecule has 1 saturated heterocycles. The van der Waals surface area contributed by atoms with Crippen molar-refractivity contribution < 1.29 is 14.6 Å². The first-order valence-corrected chi connectivity index (χ1v) is 8.23. The van der Waals surface area contributed by atoms with Crippen molar-refractivity contribution in [3.05, 3.63) is 23.0 Å². The Kier molecular flexibility index (Phi) is 4.03. The van der Waals surface area contributed by atoms with E-state index in [0.717, 1.165) is 30.5 Å². The quantitative estimate of drug-likeness (QED) is 0.898. The molecule has 2 heterocycles. The van der Waals surface area contributed by atoms with Crippen molar-refractivity contribution in [3.63, 3.8) is 0 Å². The summed E-state index contributed by atoms with van der Waals surface area (Å²) in [5.41, 5.74) is 2.58. The van der Waals surface area contributed by atoms with Crippen LogP contribution in [0.3, 0.4) is 0 Å². The number of nitrogens with zero attached hydrogens (tertiary/aromatic N) is 1. The summed E-state index contributed by atoms with van der Waals surface area (Å²) < 4.78 is 5.77. The zero-order chi connectivity index (χ0) is 15.9. The molecule has 2 fully saturated rings. The third kappa shape index (κ3) is 2.36. The first-order valence-electron chi connectivity index (χ1n) is 8.23. The summed E-state index contributed by atoms with van der Waals surface area (Å²) in [5, 5.41) is 10.2. The summed E-state index contributed by atoms with van der Waals surface area (Å²) in [6, 6.07) is 2.00. The van der Waals surface area contributed by atoms with Gasteiger partial charge in [-0.3, -0.25) is 4.79 Å². The Morgan fingerprint density at radius 2 is 2.14 bits per heavy atom. The highest BCUT2D eigenvalue weighted by molar-refractivity contribution is 5.94. The maximum atomic E-state index is 12.6. The average molecular weight is 306 g/mol. The number of nitrogens with one attached hydrogen (secondary N) is 1. The summed E-state index contributed by atoms with van der Waals surface area (Å²) in [4.78, 5) is 17.7. The van der Waals surface area contributed by atoms with Gasteiger partial charge in [0.25, 0.3) is 5.91 Å². The topological polar surface area (TPSA) is 65.6 Å². The first-order chi connectivity index (χ1) is 10.5. The number of aryl methyl sites for hydroxylation is 2. The Morgan fingerprint density at radius 3 is 2.64 bits per heavy atom. The van der Waals surface area contributed by atoms with Crippen LogP contribution in [0.5, 0.6) is 0 Å². The maximum Gasteiger partial charge on any atom is 0.270 e. The summed E-state index contributed by atoms with van der Waals surface area (Å²) >= 11 is 0. The van der Waals surface area contributed by atoms with E-state index in [1.807, 2.05) is 31.7 Å². The fourth-order valence-electron chi connectivity index (χ4n) is 4.05. The lowest BCUT2D eigenvalue weighted by atomic mass is 9.58. The lowest BCUT2D eigenvalue weighted by Crippen LogP contribution is -2.62. The number of hydrogen-bond acceptors (Lipinski definition) is 3. The van der Waals surface area contributed by atoms with E-state index >= 15 is 0 Å². The van der Waals surface area contributed by atoms with Gasteiger partial charge in [0.05, 0.1) is 12.2 Å². The van der Waals surface area contributed by atoms with Crippen LogP contribution < -0.4 is 0 Å². The fraction of sp³-hybridized carbons (Fsp3) is 0.706. The summed E-state index contributed by atoms with van der Waals surface area (Å²) in [5.74, 6) is 0.0715. The maximum absolute atomic E-state index is 12.6. The van der Waals surface area contributed by atoms with Crippen LogP contribution in [0, 0.1) is 19.3 Å². The molecule has 5 heteroatoms. The molecule has 1 saturated carbocycles. The number of aromatic nitrogens is 1. The van der Waals surface area contributed by atoms with Crippen molar-refractivity contribution in [1.29, 1.82) is 0 Å². The van der Waals surface area contributed by atoms with Crippen LogP contribution in [-0.4, -0.2) is 52.8 Å². The Bertz CT molecular complexity index is 556. The van der Waals surface area contributed by atoms with Gasteiger partial charge >= 0.3 is 0 Å². The van der Waals surface area contributed by atoms with E-state index in [2.05, 4.69) is 4.98 Å². The lowest BCUT2D eigenvalue weighted by Gasteiger charge is -2.56. The van der Waals surface area contributed by atoms with Gasteiger partial charge < -0.3 is 19.7 Å². The molecule has 1 aromatic heterocycles. The molecular weight excluding hydrogens is 280 g/mol. The molecule has 122 valence electrons. The van der Waals surface area contributed by atoms with E-state index in [0.29, 0.717) is 25.4 Å². The number of aliphatic hydroxyl groups excluding tert-OH is 1. The van der Waals surface area contributed by atoms with Crippen LogP contribution in [0.1, 0.15) is 47.9 Å². The number of carbonyl (C=O) groups excluding carboxylic acids is 1. The first kappa shape index (κ1) is 15.6. The molecule has 1 aliphatic carbocycles. The second-order valence-corrected chi connectivity index (χ2v) is 6.73. The minimum Gasteiger partial charge on any atom is -0.392 e. The van der Waals surface area contributed by atoms with E-state index in [4.69, 9.17) is 4.74 Å². The molecule has 3 rings (SSSR count). The number of hydrogen-bond donors (Lipinski definition) is 2. The van der Waals surface area contributed by atoms with Gasteiger partial charge in [-0.2, -0.15) is 0 Å². The predicted molar refractivity (Wildman–Crippen MR) is 83.9 cm³/mol. The Hall–Kier alpha value is -1.33. The van der Waals surface area contributed by atoms with Crippen LogP contribution in [0.25, 0.3) is 0 Å². The monoisotopic (exact) mass is 306 g/mol. The van der Waals surface area contributed by atoms with Gasteiger partial charge in [0.15, 0.2) is 0 Å². The molecule has 1 spiro atoms. The van der Waals surface area contributed by atoms with Gasteiger partial charge in [0.2, 0.25) is 0 Å². The second kappa shape index (κ2) is 5.70. The Balaban J connectivity index is 1.67. The van der Waals surface area contributed by atoms with Crippen molar-refractivity contribution in [2.45, 2.75) is 52.2 Å². The van der Waals surface area contributed by atoms with Crippen LogP contribution >= 0.6 is 0 Å². The van der Waals surface area contributed by atoms with Crippen molar-refractivity contribution in [2.75, 3.05) is 19.7 Å². The van der Waals surface area contributed by atoms with Gasteiger partial charge in [-0.25, -0.2) is 0 Å². The third-order valence-electron chi connectivity index (χ3n) is 5.46. The van der Waals surface area contributed by atoms with Gasteiger partial charge in [0.1, 0.15) is 5.69 Å². The number of piperidine rings is 1. The number of carbonyl (C=O) groups is 1. The summed E-state index contributed by atoms with van der Waals surface area (Å²) in [6.45, 7) is 7.99. The Labute approximate surface area is 131 Å². The van der Waals surface area contributed by atoms with Crippen molar-refractivity contribution in [1.82, 2.24) is 9.88 Å². The number of rotatable bonds is 3. The molecule has 2 N–H and O–H groups in total. The summed E-state index contributed by atoms with van der Waals surface area (Å²) in [7, 11) is 0. The van der Waals surface area contributed by atoms with Crippen LogP contribution in [0.4, 0.5) is 0 Å². The predicted octanol–water partition coefficient (Wildman–Crippen LogP) is 2.02. The molecule has 0 unspecified atom stereocenters. The number of amides is 1.